The first-order valence-corrected chi connectivity index (χ1v) is 6.94. The van der Waals surface area contributed by atoms with Crippen LogP contribution in [-0.2, 0) is 6.42 Å². The zero-order valence-corrected chi connectivity index (χ0v) is 12.0. The van der Waals surface area contributed by atoms with Gasteiger partial charge in [0.05, 0.1) is 5.69 Å². The number of hydrogen-bond donors (Lipinski definition) is 2. The molecule has 2 aromatic rings. The average Bonchev–Trinajstić information content (AvgIpc) is 2.82. The van der Waals surface area contributed by atoms with Gasteiger partial charge in [-0.05, 0) is 25.5 Å². The minimum atomic E-state index is -1.02. The Kier molecular flexibility index (Phi) is 4.14. The first-order valence-electron chi connectivity index (χ1n) is 6.12. The van der Waals surface area contributed by atoms with Gasteiger partial charge < -0.3 is 5.11 Å². The van der Waals surface area contributed by atoms with Crippen LogP contribution in [0.15, 0.2) is 24.3 Å². The van der Waals surface area contributed by atoms with E-state index in [0.717, 1.165) is 16.9 Å². The van der Waals surface area contributed by atoms with E-state index in [9.17, 15) is 9.59 Å². The zero-order chi connectivity index (χ0) is 14.7. The number of carbonyl (C=O) groups is 2. The van der Waals surface area contributed by atoms with E-state index in [0.29, 0.717) is 22.8 Å². The number of carboxylic acids is 1. The number of aromatic nitrogens is 1. The number of nitrogens with zero attached hydrogens (tertiary/aromatic N) is 1. The standard InChI is InChI=1S/C14H14N2O3S/c1-3-10-11(13(18)19)20-14(15-10)16-12(17)9-6-4-5-8(2)7-9/h4-7H,3H2,1-2H3,(H,18,19)(H,15,16,17). The summed E-state index contributed by atoms with van der Waals surface area (Å²) in [5.41, 5.74) is 1.99. The van der Waals surface area contributed by atoms with Crippen LogP contribution in [-0.4, -0.2) is 22.0 Å². The van der Waals surface area contributed by atoms with Crippen LogP contribution in [0.25, 0.3) is 0 Å². The summed E-state index contributed by atoms with van der Waals surface area (Å²) in [7, 11) is 0. The topological polar surface area (TPSA) is 79.3 Å². The van der Waals surface area contributed by atoms with E-state index in [4.69, 9.17) is 5.11 Å². The number of rotatable bonds is 4. The highest BCUT2D eigenvalue weighted by molar-refractivity contribution is 7.17. The van der Waals surface area contributed by atoms with Gasteiger partial charge in [0.2, 0.25) is 0 Å². The van der Waals surface area contributed by atoms with Crippen molar-refractivity contribution in [2.24, 2.45) is 0 Å². The Balaban J connectivity index is 2.22. The molecule has 0 bridgehead atoms. The largest absolute Gasteiger partial charge is 0.477 e. The molecule has 1 heterocycles. The SMILES string of the molecule is CCc1nc(NC(=O)c2cccc(C)c2)sc1C(=O)O. The number of aromatic carboxylic acids is 1. The van der Waals surface area contributed by atoms with E-state index in [1.54, 1.807) is 18.2 Å². The van der Waals surface area contributed by atoms with Crippen molar-refractivity contribution < 1.29 is 14.7 Å². The molecule has 0 saturated carbocycles. The van der Waals surface area contributed by atoms with Crippen LogP contribution in [0.4, 0.5) is 5.13 Å². The molecule has 0 saturated heterocycles. The van der Waals surface area contributed by atoms with Crippen LogP contribution in [0.2, 0.25) is 0 Å². The van der Waals surface area contributed by atoms with Crippen molar-refractivity contribution in [3.05, 3.63) is 46.0 Å². The molecule has 104 valence electrons. The summed E-state index contributed by atoms with van der Waals surface area (Å²) < 4.78 is 0. The summed E-state index contributed by atoms with van der Waals surface area (Å²) >= 11 is 0.977. The molecule has 20 heavy (non-hydrogen) atoms. The van der Waals surface area contributed by atoms with Gasteiger partial charge in [0.25, 0.3) is 5.91 Å². The number of nitrogens with one attached hydrogen (secondary N) is 1. The Bertz CT molecular complexity index is 664. The number of carboxylic acid groups (broad SMARTS) is 1. The summed E-state index contributed by atoms with van der Waals surface area (Å²) in [6, 6.07) is 7.17. The molecule has 6 heteroatoms. The van der Waals surface area contributed by atoms with Crippen LogP contribution in [0.3, 0.4) is 0 Å². The maximum Gasteiger partial charge on any atom is 0.347 e. The quantitative estimate of drug-likeness (QED) is 0.907. The summed E-state index contributed by atoms with van der Waals surface area (Å²) in [4.78, 5) is 27.4. The normalized spacial score (nSPS) is 10.3. The van der Waals surface area contributed by atoms with Gasteiger partial charge in [0.1, 0.15) is 4.88 Å². The van der Waals surface area contributed by atoms with E-state index >= 15 is 0 Å². The second-order valence-electron chi connectivity index (χ2n) is 4.28. The predicted molar refractivity (Wildman–Crippen MR) is 77.6 cm³/mol. The fraction of sp³-hybridized carbons (Fsp3) is 0.214. The molecule has 5 nitrogen and oxygen atoms in total. The van der Waals surface area contributed by atoms with Crippen LogP contribution in [0.1, 0.15) is 38.2 Å². The monoisotopic (exact) mass is 290 g/mol. The molecule has 1 aromatic carbocycles. The molecule has 2 N–H and O–H groups in total. The first kappa shape index (κ1) is 14.2. The maximum absolute atomic E-state index is 12.1. The average molecular weight is 290 g/mol. The molecule has 2 rings (SSSR count). The van der Waals surface area contributed by atoms with E-state index in [1.165, 1.54) is 0 Å². The highest BCUT2D eigenvalue weighted by Crippen LogP contribution is 2.24. The third-order valence-corrected chi connectivity index (χ3v) is 3.73. The van der Waals surface area contributed by atoms with Crippen molar-refractivity contribution >= 4 is 28.3 Å². The lowest BCUT2D eigenvalue weighted by molar-refractivity contribution is 0.0700. The van der Waals surface area contributed by atoms with E-state index in [2.05, 4.69) is 10.3 Å². The molecule has 1 amide bonds. The van der Waals surface area contributed by atoms with Gasteiger partial charge in [0.15, 0.2) is 5.13 Å². The van der Waals surface area contributed by atoms with Gasteiger partial charge >= 0.3 is 5.97 Å². The summed E-state index contributed by atoms with van der Waals surface area (Å²) in [5.74, 6) is -1.31. The van der Waals surface area contributed by atoms with Crippen molar-refractivity contribution in [1.29, 1.82) is 0 Å². The molecule has 0 aliphatic heterocycles. The van der Waals surface area contributed by atoms with Gasteiger partial charge in [-0.25, -0.2) is 9.78 Å². The van der Waals surface area contributed by atoms with Gasteiger partial charge in [-0.15, -0.1) is 0 Å². The molecular formula is C14H14N2O3S. The van der Waals surface area contributed by atoms with Crippen molar-refractivity contribution in [2.75, 3.05) is 5.32 Å². The Labute approximate surface area is 120 Å². The van der Waals surface area contributed by atoms with Crippen molar-refractivity contribution in [3.8, 4) is 0 Å². The zero-order valence-electron chi connectivity index (χ0n) is 11.1. The highest BCUT2D eigenvalue weighted by Gasteiger charge is 2.17. The summed E-state index contributed by atoms with van der Waals surface area (Å²) in [6.07, 6.45) is 0.512. The Morgan fingerprint density at radius 3 is 2.70 bits per heavy atom. The van der Waals surface area contributed by atoms with Gasteiger partial charge in [-0.2, -0.15) is 0 Å². The third kappa shape index (κ3) is 3.03. The van der Waals surface area contributed by atoms with Gasteiger partial charge in [-0.1, -0.05) is 36.0 Å². The second-order valence-corrected chi connectivity index (χ2v) is 5.28. The maximum atomic E-state index is 12.1. The fourth-order valence-corrected chi connectivity index (χ4v) is 2.66. The number of amides is 1. The molecule has 0 fully saturated rings. The lowest BCUT2D eigenvalue weighted by Crippen LogP contribution is -2.11. The van der Waals surface area contributed by atoms with E-state index < -0.39 is 5.97 Å². The molecule has 0 aliphatic rings. The third-order valence-electron chi connectivity index (χ3n) is 2.73. The molecule has 0 atom stereocenters. The Morgan fingerprint density at radius 1 is 1.40 bits per heavy atom. The van der Waals surface area contributed by atoms with Crippen molar-refractivity contribution in [1.82, 2.24) is 4.98 Å². The van der Waals surface area contributed by atoms with E-state index in [1.807, 2.05) is 19.9 Å². The van der Waals surface area contributed by atoms with Gasteiger partial charge in [0, 0.05) is 5.56 Å². The second kappa shape index (κ2) is 5.83. The number of thiazole rings is 1. The molecule has 0 aliphatic carbocycles. The number of carbonyl (C=O) groups excluding carboxylic acids is 1. The molecule has 1 aromatic heterocycles. The number of anilines is 1. The minimum absolute atomic E-state index is 0.173. The number of benzene rings is 1. The van der Waals surface area contributed by atoms with E-state index in [-0.39, 0.29) is 10.8 Å². The predicted octanol–water partition coefficient (Wildman–Crippen LogP) is 2.96. The summed E-state index contributed by atoms with van der Waals surface area (Å²) in [6.45, 7) is 3.73. The highest BCUT2D eigenvalue weighted by atomic mass is 32.1. The van der Waals surface area contributed by atoms with Crippen LogP contribution in [0.5, 0.6) is 0 Å². The first-order chi connectivity index (χ1) is 9.51. The lowest BCUT2D eigenvalue weighted by atomic mass is 10.1. The smallest absolute Gasteiger partial charge is 0.347 e. The molecular weight excluding hydrogens is 276 g/mol. The lowest BCUT2D eigenvalue weighted by Gasteiger charge is -2.02. The number of aryl methyl sites for hydroxylation is 2. The van der Waals surface area contributed by atoms with Crippen LogP contribution in [0, 0.1) is 6.92 Å². The Hall–Kier alpha value is -2.21. The van der Waals surface area contributed by atoms with Crippen molar-refractivity contribution in [2.45, 2.75) is 20.3 Å². The van der Waals surface area contributed by atoms with Gasteiger partial charge in [-0.3, -0.25) is 10.1 Å². The number of hydrogen-bond acceptors (Lipinski definition) is 4. The van der Waals surface area contributed by atoms with Crippen molar-refractivity contribution in [3.63, 3.8) is 0 Å². The molecule has 0 radical (unpaired) electrons. The molecule has 0 spiro atoms. The fourth-order valence-electron chi connectivity index (χ4n) is 1.77. The molecule has 0 unspecified atom stereocenters. The minimum Gasteiger partial charge on any atom is -0.477 e. The Morgan fingerprint density at radius 2 is 2.15 bits per heavy atom. The van der Waals surface area contributed by atoms with Crippen LogP contribution >= 0.6 is 11.3 Å². The van der Waals surface area contributed by atoms with Crippen LogP contribution < -0.4 is 5.32 Å². The summed E-state index contributed by atoms with van der Waals surface area (Å²) in [5, 5.41) is 12.0.